The first kappa shape index (κ1) is 35.1. The van der Waals surface area contributed by atoms with E-state index in [2.05, 4.69) is 107 Å². The van der Waals surface area contributed by atoms with E-state index >= 15 is 0 Å². The molecule has 2 aliphatic rings. The van der Waals surface area contributed by atoms with Crippen LogP contribution in [0.4, 0.5) is 0 Å². The zero-order chi connectivity index (χ0) is 33.6. The van der Waals surface area contributed by atoms with Crippen molar-refractivity contribution in [1.82, 2.24) is 10.3 Å². The number of nitrogens with one attached hydrogen (secondary N) is 1. The van der Waals surface area contributed by atoms with Gasteiger partial charge in [-0.05, 0) is 89.7 Å². The fourth-order valence-corrected chi connectivity index (χ4v) is 13.4. The highest BCUT2D eigenvalue weighted by Gasteiger charge is 2.45. The van der Waals surface area contributed by atoms with Crippen molar-refractivity contribution < 1.29 is 23.4 Å². The third-order valence-corrected chi connectivity index (χ3v) is 16.2. The van der Waals surface area contributed by atoms with Gasteiger partial charge in [0.2, 0.25) is 11.8 Å². The van der Waals surface area contributed by atoms with Gasteiger partial charge in [-0.25, -0.2) is 4.98 Å². The van der Waals surface area contributed by atoms with Crippen LogP contribution in [-0.4, -0.2) is 45.1 Å². The van der Waals surface area contributed by atoms with Gasteiger partial charge in [0.15, 0.2) is 8.32 Å². The average Bonchev–Trinajstić information content (AvgIpc) is 3.67. The van der Waals surface area contributed by atoms with Crippen molar-refractivity contribution in [3.8, 4) is 22.8 Å². The Kier molecular flexibility index (Phi) is 11.8. The third kappa shape index (κ3) is 8.10. The fraction of sp³-hybridized carbons (Fsp3) is 0.538. The first-order valence-corrected chi connectivity index (χ1v) is 19.8. The van der Waals surface area contributed by atoms with Crippen molar-refractivity contribution in [3.63, 3.8) is 0 Å². The number of fused-ring (bicyclic) bond motifs is 1. The third-order valence-electron chi connectivity index (χ3n) is 10.1. The smallest absolute Gasteiger partial charge is 0.220 e. The van der Waals surface area contributed by atoms with Crippen LogP contribution in [0.2, 0.25) is 16.6 Å². The molecule has 2 aromatic carbocycles. The van der Waals surface area contributed by atoms with Crippen LogP contribution in [0, 0.1) is 0 Å². The number of hydrogen-bond acceptors (Lipinski definition) is 6. The van der Waals surface area contributed by atoms with Gasteiger partial charge >= 0.3 is 0 Å². The standard InChI is InChI=1S/C39H54N2O5Si/c1-8-43-36(22-23-45-47(26(2)3,27(4)5)28(6)7)29-12-16-32(17-13-29)46-37-19-18-34-33(10-9-11-35(34)37)30-14-21-39(40-24-30)44-25-31-15-20-38(42)41-31/h9-14,16-17,21,24,26-28,31,36-37H,8,15,18-20,22-23,25H2,1-7H3,(H,41,42)/t31-,36+,37-/m1/s1. The summed E-state index contributed by atoms with van der Waals surface area (Å²) in [6, 6.07) is 19.0. The molecule has 1 fully saturated rings. The summed E-state index contributed by atoms with van der Waals surface area (Å²) >= 11 is 0. The van der Waals surface area contributed by atoms with Gasteiger partial charge in [-0.2, -0.15) is 0 Å². The van der Waals surface area contributed by atoms with E-state index in [1.165, 1.54) is 16.7 Å². The summed E-state index contributed by atoms with van der Waals surface area (Å²) < 4.78 is 25.5. The zero-order valence-corrected chi connectivity index (χ0v) is 30.4. The Labute approximate surface area is 282 Å². The number of aromatic nitrogens is 1. The second-order valence-corrected chi connectivity index (χ2v) is 19.4. The van der Waals surface area contributed by atoms with E-state index in [0.29, 0.717) is 42.1 Å². The number of pyridine rings is 1. The van der Waals surface area contributed by atoms with Gasteiger partial charge < -0.3 is 24.0 Å². The Bertz CT molecular complexity index is 1440. The molecule has 2 heterocycles. The van der Waals surface area contributed by atoms with Crippen LogP contribution < -0.4 is 14.8 Å². The maximum absolute atomic E-state index is 11.5. The minimum absolute atomic E-state index is 0.00373. The maximum atomic E-state index is 11.5. The molecule has 0 unspecified atom stereocenters. The predicted molar refractivity (Wildman–Crippen MR) is 190 cm³/mol. The summed E-state index contributed by atoms with van der Waals surface area (Å²) in [5.41, 5.74) is 7.67. The number of carbonyl (C=O) groups excluding carboxylic acids is 1. The van der Waals surface area contributed by atoms with Gasteiger partial charge in [0, 0.05) is 37.5 Å². The molecule has 7 nitrogen and oxygen atoms in total. The molecular formula is C39H54N2O5Si. The summed E-state index contributed by atoms with van der Waals surface area (Å²) in [5, 5.41) is 2.93. The molecule has 3 aromatic rings. The fourth-order valence-electron chi connectivity index (χ4n) is 7.94. The molecule has 0 bridgehead atoms. The molecule has 1 amide bonds. The summed E-state index contributed by atoms with van der Waals surface area (Å²) in [4.78, 5) is 16.0. The van der Waals surface area contributed by atoms with Crippen molar-refractivity contribution in [3.05, 3.63) is 77.5 Å². The van der Waals surface area contributed by atoms with Crippen LogP contribution in [0.5, 0.6) is 11.6 Å². The van der Waals surface area contributed by atoms with Crippen molar-refractivity contribution in [2.45, 2.75) is 115 Å². The quantitative estimate of drug-likeness (QED) is 0.155. The van der Waals surface area contributed by atoms with Crippen molar-refractivity contribution >= 4 is 14.2 Å². The molecule has 1 saturated heterocycles. The highest BCUT2D eigenvalue weighted by Crippen LogP contribution is 2.43. The number of carbonyl (C=O) groups is 1. The van der Waals surface area contributed by atoms with E-state index in [4.69, 9.17) is 18.6 Å². The molecule has 47 heavy (non-hydrogen) atoms. The van der Waals surface area contributed by atoms with Gasteiger partial charge in [-0.3, -0.25) is 4.79 Å². The van der Waals surface area contributed by atoms with E-state index < -0.39 is 8.32 Å². The Morgan fingerprint density at radius 3 is 2.28 bits per heavy atom. The largest absolute Gasteiger partial charge is 0.486 e. The molecule has 254 valence electrons. The number of rotatable bonds is 16. The molecule has 3 atom stereocenters. The van der Waals surface area contributed by atoms with E-state index in [9.17, 15) is 4.79 Å². The van der Waals surface area contributed by atoms with Gasteiger partial charge in [-0.1, -0.05) is 71.9 Å². The maximum Gasteiger partial charge on any atom is 0.220 e. The SMILES string of the molecule is CCO[C@@H](CCO[Si](C(C)C)(C(C)C)C(C)C)c1ccc(O[C@@H]2CCc3c(-c4ccc(OC[C@H]5CCC(=O)N5)nc4)cccc32)cc1. The lowest BCUT2D eigenvalue weighted by Gasteiger charge is -2.42. The number of ether oxygens (including phenoxy) is 3. The lowest BCUT2D eigenvalue weighted by Crippen LogP contribution is -2.48. The van der Waals surface area contributed by atoms with E-state index in [-0.39, 0.29) is 24.2 Å². The minimum Gasteiger partial charge on any atom is -0.486 e. The van der Waals surface area contributed by atoms with Crippen LogP contribution in [-0.2, 0) is 20.4 Å². The molecule has 0 spiro atoms. The van der Waals surface area contributed by atoms with Crippen LogP contribution in [0.1, 0.15) is 103 Å². The lowest BCUT2D eigenvalue weighted by molar-refractivity contribution is -0.119. The number of amides is 1. The summed E-state index contributed by atoms with van der Waals surface area (Å²) in [5.74, 6) is 1.53. The molecular weight excluding hydrogens is 605 g/mol. The minimum atomic E-state index is -1.91. The van der Waals surface area contributed by atoms with E-state index in [0.717, 1.165) is 49.2 Å². The van der Waals surface area contributed by atoms with Crippen molar-refractivity contribution in [2.24, 2.45) is 0 Å². The molecule has 0 radical (unpaired) electrons. The van der Waals surface area contributed by atoms with Crippen molar-refractivity contribution in [2.75, 3.05) is 19.8 Å². The van der Waals surface area contributed by atoms with Gasteiger partial charge in [-0.15, -0.1) is 0 Å². The van der Waals surface area contributed by atoms with Gasteiger partial charge in [0.05, 0.1) is 12.1 Å². The molecule has 0 saturated carbocycles. The second kappa shape index (κ2) is 15.8. The monoisotopic (exact) mass is 658 g/mol. The summed E-state index contributed by atoms with van der Waals surface area (Å²) in [7, 11) is -1.91. The Morgan fingerprint density at radius 1 is 0.915 bits per heavy atom. The normalized spacial score (nSPS) is 18.6. The molecule has 5 rings (SSSR count). The van der Waals surface area contributed by atoms with Crippen LogP contribution >= 0.6 is 0 Å². The van der Waals surface area contributed by atoms with Gasteiger partial charge in [0.25, 0.3) is 0 Å². The van der Waals surface area contributed by atoms with E-state index in [1.807, 2.05) is 12.3 Å². The van der Waals surface area contributed by atoms with Crippen LogP contribution in [0.25, 0.3) is 11.1 Å². The Balaban J connectivity index is 1.20. The number of nitrogens with zero attached hydrogens (tertiary/aromatic N) is 1. The topological polar surface area (TPSA) is 78.9 Å². The molecule has 1 aromatic heterocycles. The summed E-state index contributed by atoms with van der Waals surface area (Å²) in [6.07, 6.45) is 5.98. The Morgan fingerprint density at radius 2 is 1.66 bits per heavy atom. The zero-order valence-electron chi connectivity index (χ0n) is 29.4. The first-order valence-electron chi connectivity index (χ1n) is 17.6. The molecule has 1 aliphatic carbocycles. The lowest BCUT2D eigenvalue weighted by atomic mass is 9.98. The van der Waals surface area contributed by atoms with Crippen LogP contribution in [0.3, 0.4) is 0 Å². The van der Waals surface area contributed by atoms with Crippen molar-refractivity contribution in [1.29, 1.82) is 0 Å². The highest BCUT2D eigenvalue weighted by atomic mass is 28.4. The summed E-state index contributed by atoms with van der Waals surface area (Å²) in [6.45, 7) is 17.9. The average molecular weight is 659 g/mol. The van der Waals surface area contributed by atoms with Gasteiger partial charge in [0.1, 0.15) is 18.5 Å². The van der Waals surface area contributed by atoms with Crippen LogP contribution in [0.15, 0.2) is 60.8 Å². The molecule has 1 aliphatic heterocycles. The predicted octanol–water partition coefficient (Wildman–Crippen LogP) is 9.13. The Hall–Kier alpha value is -3.20. The number of benzene rings is 2. The number of hydrogen-bond donors (Lipinski definition) is 1. The second-order valence-electron chi connectivity index (χ2n) is 14.0. The highest BCUT2D eigenvalue weighted by molar-refractivity contribution is 6.77. The van der Waals surface area contributed by atoms with E-state index in [1.54, 1.807) is 0 Å². The molecule has 1 N–H and O–H groups in total. The first-order chi connectivity index (χ1) is 22.6. The molecule has 8 heteroatoms.